The Labute approximate surface area is 119 Å². The van der Waals surface area contributed by atoms with Crippen molar-refractivity contribution in [1.29, 1.82) is 0 Å². The van der Waals surface area contributed by atoms with Crippen LogP contribution in [0.3, 0.4) is 0 Å². The summed E-state index contributed by atoms with van der Waals surface area (Å²) in [6, 6.07) is -0.149. The predicted octanol–water partition coefficient (Wildman–Crippen LogP) is -0.0507. The second kappa shape index (κ2) is 7.44. The lowest BCUT2D eigenvalue weighted by molar-refractivity contribution is -0.137. The number of urea groups is 1. The third kappa shape index (κ3) is 5.75. The standard InChI is InChI=1S/C13H25N3O4/c1-13(2,4-3-11(18)19)14-12(20)16-7-5-15(6-8-16)9-10-17/h17H,3-10H2,1-2H3,(H,14,20)(H,18,19). The first-order valence-corrected chi connectivity index (χ1v) is 6.96. The van der Waals surface area contributed by atoms with E-state index in [1.54, 1.807) is 4.90 Å². The highest BCUT2D eigenvalue weighted by atomic mass is 16.4. The highest BCUT2D eigenvalue weighted by Gasteiger charge is 2.26. The lowest BCUT2D eigenvalue weighted by Crippen LogP contribution is -2.56. The third-order valence-electron chi connectivity index (χ3n) is 3.48. The molecule has 0 aromatic carbocycles. The summed E-state index contributed by atoms with van der Waals surface area (Å²) in [4.78, 5) is 26.5. The van der Waals surface area contributed by atoms with E-state index in [1.165, 1.54) is 0 Å². The Kier molecular flexibility index (Phi) is 6.22. The van der Waals surface area contributed by atoms with Crippen molar-refractivity contribution in [3.05, 3.63) is 0 Å². The van der Waals surface area contributed by atoms with Crippen molar-refractivity contribution in [2.75, 3.05) is 39.3 Å². The molecule has 1 fully saturated rings. The van der Waals surface area contributed by atoms with Crippen LogP contribution in [-0.2, 0) is 4.79 Å². The van der Waals surface area contributed by atoms with Gasteiger partial charge in [-0.25, -0.2) is 4.79 Å². The first-order valence-electron chi connectivity index (χ1n) is 6.96. The van der Waals surface area contributed by atoms with Gasteiger partial charge in [0.25, 0.3) is 0 Å². The van der Waals surface area contributed by atoms with Gasteiger partial charge in [0.2, 0.25) is 0 Å². The van der Waals surface area contributed by atoms with E-state index in [9.17, 15) is 9.59 Å². The number of aliphatic hydroxyl groups excluding tert-OH is 1. The maximum atomic E-state index is 12.1. The molecule has 0 atom stereocenters. The number of nitrogens with one attached hydrogen (secondary N) is 1. The maximum absolute atomic E-state index is 12.1. The fourth-order valence-electron chi connectivity index (χ4n) is 2.17. The van der Waals surface area contributed by atoms with E-state index in [2.05, 4.69) is 10.2 Å². The molecule has 0 aliphatic carbocycles. The smallest absolute Gasteiger partial charge is 0.317 e. The van der Waals surface area contributed by atoms with Crippen molar-refractivity contribution >= 4 is 12.0 Å². The van der Waals surface area contributed by atoms with E-state index in [-0.39, 0.29) is 19.1 Å². The summed E-state index contributed by atoms with van der Waals surface area (Å²) in [6.07, 6.45) is 0.441. The van der Waals surface area contributed by atoms with Crippen molar-refractivity contribution in [3.8, 4) is 0 Å². The van der Waals surface area contributed by atoms with E-state index < -0.39 is 11.5 Å². The van der Waals surface area contributed by atoms with Crippen molar-refractivity contribution in [1.82, 2.24) is 15.1 Å². The second-order valence-corrected chi connectivity index (χ2v) is 5.76. The van der Waals surface area contributed by atoms with Gasteiger partial charge in [-0.1, -0.05) is 0 Å². The monoisotopic (exact) mass is 287 g/mol. The molecule has 0 saturated carbocycles. The van der Waals surface area contributed by atoms with E-state index in [1.807, 2.05) is 13.8 Å². The minimum Gasteiger partial charge on any atom is -0.481 e. The molecule has 0 aromatic heterocycles. The molecule has 0 aromatic rings. The van der Waals surface area contributed by atoms with Gasteiger partial charge in [0.1, 0.15) is 0 Å². The number of carboxylic acid groups (broad SMARTS) is 1. The number of piperazine rings is 1. The molecular weight excluding hydrogens is 262 g/mol. The molecule has 2 amide bonds. The van der Waals surface area contributed by atoms with Crippen LogP contribution >= 0.6 is 0 Å². The van der Waals surface area contributed by atoms with Crippen LogP contribution in [0.1, 0.15) is 26.7 Å². The van der Waals surface area contributed by atoms with Crippen LogP contribution in [0, 0.1) is 0 Å². The lowest BCUT2D eigenvalue weighted by Gasteiger charge is -2.36. The normalized spacial score (nSPS) is 17.1. The van der Waals surface area contributed by atoms with Crippen LogP contribution in [-0.4, -0.2) is 76.9 Å². The quantitative estimate of drug-likeness (QED) is 0.637. The van der Waals surface area contributed by atoms with Crippen LogP contribution in [0.25, 0.3) is 0 Å². The summed E-state index contributed by atoms with van der Waals surface area (Å²) in [5.74, 6) is -0.857. The zero-order valence-electron chi connectivity index (χ0n) is 12.3. The molecule has 0 spiro atoms. The average Bonchev–Trinajstić information content (AvgIpc) is 2.37. The number of rotatable bonds is 6. The number of nitrogens with zero attached hydrogens (tertiary/aromatic N) is 2. The maximum Gasteiger partial charge on any atom is 0.317 e. The van der Waals surface area contributed by atoms with Crippen molar-refractivity contribution in [3.63, 3.8) is 0 Å². The van der Waals surface area contributed by atoms with Gasteiger partial charge in [-0.3, -0.25) is 9.69 Å². The minimum atomic E-state index is -0.857. The second-order valence-electron chi connectivity index (χ2n) is 5.76. The van der Waals surface area contributed by atoms with Gasteiger partial charge in [0.15, 0.2) is 0 Å². The summed E-state index contributed by atoms with van der Waals surface area (Å²) >= 11 is 0. The number of amides is 2. The lowest BCUT2D eigenvalue weighted by atomic mass is 9.99. The van der Waals surface area contributed by atoms with E-state index in [0.29, 0.717) is 26.1 Å². The summed E-state index contributed by atoms with van der Waals surface area (Å²) < 4.78 is 0. The highest BCUT2D eigenvalue weighted by molar-refractivity contribution is 5.75. The van der Waals surface area contributed by atoms with Gasteiger partial charge >= 0.3 is 12.0 Å². The molecule has 7 nitrogen and oxygen atoms in total. The fourth-order valence-corrected chi connectivity index (χ4v) is 2.17. The van der Waals surface area contributed by atoms with Gasteiger partial charge in [-0.2, -0.15) is 0 Å². The number of carbonyl (C=O) groups is 2. The number of hydrogen-bond donors (Lipinski definition) is 3. The molecule has 116 valence electrons. The molecule has 7 heteroatoms. The highest BCUT2D eigenvalue weighted by Crippen LogP contribution is 2.12. The fraction of sp³-hybridized carbons (Fsp3) is 0.846. The van der Waals surface area contributed by atoms with Crippen LogP contribution in [0.5, 0.6) is 0 Å². The Morgan fingerprint density at radius 1 is 1.20 bits per heavy atom. The van der Waals surface area contributed by atoms with Crippen LogP contribution in [0.2, 0.25) is 0 Å². The first-order chi connectivity index (χ1) is 9.34. The van der Waals surface area contributed by atoms with Crippen molar-refractivity contribution in [2.24, 2.45) is 0 Å². The number of aliphatic carboxylic acids is 1. The number of carbonyl (C=O) groups excluding carboxylic acids is 1. The van der Waals surface area contributed by atoms with Crippen LogP contribution in [0.15, 0.2) is 0 Å². The largest absolute Gasteiger partial charge is 0.481 e. The predicted molar refractivity (Wildman–Crippen MR) is 74.6 cm³/mol. The molecule has 1 aliphatic heterocycles. The molecule has 3 N–H and O–H groups in total. The first kappa shape index (κ1) is 16.7. The van der Waals surface area contributed by atoms with Crippen molar-refractivity contribution < 1.29 is 19.8 Å². The summed E-state index contributed by atoms with van der Waals surface area (Å²) in [5, 5.41) is 20.4. The molecule has 1 heterocycles. The number of carboxylic acids is 1. The Morgan fingerprint density at radius 3 is 2.30 bits per heavy atom. The van der Waals surface area contributed by atoms with Gasteiger partial charge < -0.3 is 20.4 Å². The van der Waals surface area contributed by atoms with Gasteiger partial charge in [-0.15, -0.1) is 0 Å². The zero-order chi connectivity index (χ0) is 15.2. The molecule has 0 bridgehead atoms. The molecule has 1 aliphatic rings. The summed E-state index contributed by atoms with van der Waals surface area (Å²) in [5.41, 5.74) is -0.530. The molecular formula is C13H25N3O4. The Morgan fingerprint density at radius 2 is 1.80 bits per heavy atom. The number of β-amino-alcohol motifs (C(OH)–C–C–N with tert-alkyl or cyclic N) is 1. The molecule has 1 rings (SSSR count). The molecule has 0 radical (unpaired) electrons. The Hall–Kier alpha value is -1.34. The van der Waals surface area contributed by atoms with E-state index in [4.69, 9.17) is 10.2 Å². The van der Waals surface area contributed by atoms with Crippen LogP contribution in [0.4, 0.5) is 4.79 Å². The van der Waals surface area contributed by atoms with Crippen molar-refractivity contribution in [2.45, 2.75) is 32.2 Å². The van der Waals surface area contributed by atoms with Gasteiger partial charge in [0, 0.05) is 44.7 Å². The van der Waals surface area contributed by atoms with E-state index >= 15 is 0 Å². The summed E-state index contributed by atoms with van der Waals surface area (Å²) in [6.45, 7) is 7.19. The molecule has 0 unspecified atom stereocenters. The average molecular weight is 287 g/mol. The van der Waals surface area contributed by atoms with E-state index in [0.717, 1.165) is 13.1 Å². The Balaban J connectivity index is 2.37. The topological polar surface area (TPSA) is 93.1 Å². The van der Waals surface area contributed by atoms with Gasteiger partial charge in [-0.05, 0) is 20.3 Å². The molecule has 1 saturated heterocycles. The minimum absolute atomic E-state index is 0.0392. The van der Waals surface area contributed by atoms with Crippen LogP contribution < -0.4 is 5.32 Å². The number of hydrogen-bond acceptors (Lipinski definition) is 4. The summed E-state index contributed by atoms with van der Waals surface area (Å²) in [7, 11) is 0. The van der Waals surface area contributed by atoms with Gasteiger partial charge in [0.05, 0.1) is 6.61 Å². The third-order valence-corrected chi connectivity index (χ3v) is 3.48. The molecule has 20 heavy (non-hydrogen) atoms. The Bertz CT molecular complexity index is 339. The zero-order valence-corrected chi connectivity index (χ0v) is 12.3. The SMILES string of the molecule is CC(C)(CCC(=O)O)NC(=O)N1CCN(CCO)CC1. The number of aliphatic hydroxyl groups is 1.